The molecule has 0 bridgehead atoms. The molecule has 1 atom stereocenters. The first-order chi connectivity index (χ1) is 11.8. The number of hydrogen-bond donors (Lipinski definition) is 2. The topological polar surface area (TPSA) is 39.7 Å². The molecule has 1 aliphatic carbocycles. The Balaban J connectivity index is 0.00000225. The van der Waals surface area contributed by atoms with Crippen LogP contribution < -0.4 is 10.6 Å². The van der Waals surface area contributed by atoms with Crippen molar-refractivity contribution in [3.63, 3.8) is 0 Å². The average Bonchev–Trinajstić information content (AvgIpc) is 3.29. The molecule has 1 fully saturated rings. The largest absolute Gasteiger partial charge is 0.354 e. The molecule has 3 rings (SSSR count). The fraction of sp³-hybridized carbons (Fsp3) is 0.550. The van der Waals surface area contributed by atoms with E-state index in [0.29, 0.717) is 12.1 Å². The highest BCUT2D eigenvalue weighted by Gasteiger charge is 2.24. The van der Waals surface area contributed by atoms with Crippen molar-refractivity contribution in [2.75, 3.05) is 26.7 Å². The van der Waals surface area contributed by atoms with Crippen LogP contribution in [0.1, 0.15) is 42.9 Å². The lowest BCUT2D eigenvalue weighted by Gasteiger charge is -2.29. The smallest absolute Gasteiger partial charge is 0.191 e. The van der Waals surface area contributed by atoms with Crippen molar-refractivity contribution in [3.05, 3.63) is 47.5 Å². The van der Waals surface area contributed by atoms with E-state index >= 15 is 0 Å². The minimum atomic E-state index is 0. The van der Waals surface area contributed by atoms with Gasteiger partial charge in [0.15, 0.2) is 5.96 Å². The molecule has 138 valence electrons. The second kappa shape index (κ2) is 10.2. The van der Waals surface area contributed by atoms with Gasteiger partial charge < -0.3 is 10.6 Å². The molecule has 0 spiro atoms. The number of hydrogen-bond acceptors (Lipinski definition) is 2. The van der Waals surface area contributed by atoms with Gasteiger partial charge in [-0.3, -0.25) is 9.89 Å². The van der Waals surface area contributed by atoms with Crippen molar-refractivity contribution in [1.82, 2.24) is 15.5 Å². The van der Waals surface area contributed by atoms with Gasteiger partial charge in [0.2, 0.25) is 0 Å². The fourth-order valence-electron chi connectivity index (χ4n) is 3.62. The van der Waals surface area contributed by atoms with Crippen LogP contribution in [0.2, 0.25) is 0 Å². The molecule has 1 heterocycles. The molecule has 1 aromatic carbocycles. The minimum absolute atomic E-state index is 0. The van der Waals surface area contributed by atoms with Gasteiger partial charge in [-0.1, -0.05) is 42.0 Å². The highest BCUT2D eigenvalue weighted by atomic mass is 127. The summed E-state index contributed by atoms with van der Waals surface area (Å²) in [5.41, 5.74) is 2.71. The first-order valence-electron chi connectivity index (χ1n) is 9.19. The molecule has 2 N–H and O–H groups in total. The Labute approximate surface area is 169 Å². The van der Waals surface area contributed by atoms with Gasteiger partial charge >= 0.3 is 0 Å². The summed E-state index contributed by atoms with van der Waals surface area (Å²) in [6, 6.07) is 9.88. The van der Waals surface area contributed by atoms with Crippen LogP contribution in [0.15, 0.2) is 41.4 Å². The van der Waals surface area contributed by atoms with Crippen molar-refractivity contribution in [3.8, 4) is 0 Å². The number of benzene rings is 1. The summed E-state index contributed by atoms with van der Waals surface area (Å²) in [5, 5.41) is 7.09. The van der Waals surface area contributed by atoms with Gasteiger partial charge in [0.05, 0.1) is 6.04 Å². The van der Waals surface area contributed by atoms with E-state index in [1.54, 1.807) is 0 Å². The van der Waals surface area contributed by atoms with Gasteiger partial charge in [0.1, 0.15) is 0 Å². The van der Waals surface area contributed by atoms with E-state index in [9.17, 15) is 0 Å². The minimum Gasteiger partial charge on any atom is -0.354 e. The van der Waals surface area contributed by atoms with Crippen molar-refractivity contribution in [2.24, 2.45) is 4.99 Å². The standard InChI is InChI=1S/C20H30N4.HI/c1-16-9-11-17(12-10-16)19(24-13-5-6-14-24)15-22-20(21-2)23-18-7-3-4-8-18;/h3-4,9-12,18-19H,5-8,13-15H2,1-2H3,(H2,21,22,23);1H. The predicted octanol–water partition coefficient (Wildman–Crippen LogP) is 3.63. The van der Waals surface area contributed by atoms with Crippen LogP contribution >= 0.6 is 24.0 Å². The number of aryl methyl sites for hydroxylation is 1. The van der Waals surface area contributed by atoms with Crippen LogP contribution in [0, 0.1) is 6.92 Å². The van der Waals surface area contributed by atoms with E-state index in [-0.39, 0.29) is 24.0 Å². The molecule has 1 aliphatic heterocycles. The highest BCUT2D eigenvalue weighted by Crippen LogP contribution is 2.24. The number of likely N-dealkylation sites (tertiary alicyclic amines) is 1. The molecule has 1 aromatic rings. The maximum Gasteiger partial charge on any atom is 0.191 e. The summed E-state index contributed by atoms with van der Waals surface area (Å²) < 4.78 is 0. The number of rotatable bonds is 5. The van der Waals surface area contributed by atoms with E-state index in [1.807, 2.05) is 7.05 Å². The quantitative estimate of drug-likeness (QED) is 0.309. The van der Waals surface area contributed by atoms with Crippen LogP contribution in [0.5, 0.6) is 0 Å². The molecule has 1 unspecified atom stereocenters. The van der Waals surface area contributed by atoms with Crippen LogP contribution in [-0.2, 0) is 0 Å². The van der Waals surface area contributed by atoms with Crippen molar-refractivity contribution in [2.45, 2.75) is 44.7 Å². The maximum atomic E-state index is 4.41. The Bertz CT molecular complexity index is 568. The molecular weight excluding hydrogens is 423 g/mol. The molecule has 0 saturated carbocycles. The van der Waals surface area contributed by atoms with E-state index in [1.165, 1.54) is 37.1 Å². The third-order valence-corrected chi connectivity index (χ3v) is 5.08. The number of guanidine groups is 1. The molecule has 5 heteroatoms. The third-order valence-electron chi connectivity index (χ3n) is 5.08. The summed E-state index contributed by atoms with van der Waals surface area (Å²) in [4.78, 5) is 7.01. The predicted molar refractivity (Wildman–Crippen MR) is 117 cm³/mol. The van der Waals surface area contributed by atoms with Gasteiger partial charge in [-0.25, -0.2) is 0 Å². The Morgan fingerprint density at radius 2 is 1.80 bits per heavy atom. The van der Waals surface area contributed by atoms with Gasteiger partial charge in [0.25, 0.3) is 0 Å². The second-order valence-electron chi connectivity index (χ2n) is 6.91. The lowest BCUT2D eigenvalue weighted by molar-refractivity contribution is 0.245. The van der Waals surface area contributed by atoms with Crippen LogP contribution in [0.4, 0.5) is 0 Å². The van der Waals surface area contributed by atoms with Crippen molar-refractivity contribution in [1.29, 1.82) is 0 Å². The van der Waals surface area contributed by atoms with Gasteiger partial charge in [0, 0.05) is 19.6 Å². The second-order valence-corrected chi connectivity index (χ2v) is 6.91. The zero-order valence-corrected chi connectivity index (χ0v) is 17.7. The van der Waals surface area contributed by atoms with Gasteiger partial charge in [-0.05, 0) is 51.3 Å². The number of nitrogens with one attached hydrogen (secondary N) is 2. The molecular formula is C20H31IN4. The van der Waals surface area contributed by atoms with E-state index in [0.717, 1.165) is 25.3 Å². The van der Waals surface area contributed by atoms with Gasteiger partial charge in [-0.15, -0.1) is 24.0 Å². The summed E-state index contributed by atoms with van der Waals surface area (Å²) >= 11 is 0. The Hall–Kier alpha value is -1.08. The van der Waals surface area contributed by atoms with Crippen LogP contribution in [0.25, 0.3) is 0 Å². The monoisotopic (exact) mass is 454 g/mol. The van der Waals surface area contributed by atoms with Crippen LogP contribution in [-0.4, -0.2) is 43.6 Å². The molecule has 1 saturated heterocycles. The molecule has 25 heavy (non-hydrogen) atoms. The zero-order valence-electron chi connectivity index (χ0n) is 15.4. The molecule has 0 aromatic heterocycles. The maximum absolute atomic E-state index is 4.41. The van der Waals surface area contributed by atoms with E-state index < -0.39 is 0 Å². The Morgan fingerprint density at radius 3 is 2.40 bits per heavy atom. The lowest BCUT2D eigenvalue weighted by atomic mass is 10.0. The number of nitrogens with zero attached hydrogens (tertiary/aromatic N) is 2. The SMILES string of the molecule is CN=C(NCC(c1ccc(C)cc1)N1CCCC1)NC1CC=CC1.I. The Kier molecular flexibility index (Phi) is 8.22. The normalized spacial score (nSPS) is 19.7. The van der Waals surface area contributed by atoms with E-state index in [4.69, 9.17) is 0 Å². The fourth-order valence-corrected chi connectivity index (χ4v) is 3.62. The molecule has 0 radical (unpaired) electrons. The first kappa shape index (κ1) is 20.2. The summed E-state index contributed by atoms with van der Waals surface area (Å²) in [5.74, 6) is 0.917. The molecule has 2 aliphatic rings. The molecule has 0 amide bonds. The summed E-state index contributed by atoms with van der Waals surface area (Å²) in [6.45, 7) is 5.43. The highest BCUT2D eigenvalue weighted by molar-refractivity contribution is 14.0. The Morgan fingerprint density at radius 1 is 1.16 bits per heavy atom. The van der Waals surface area contributed by atoms with Crippen LogP contribution in [0.3, 0.4) is 0 Å². The third kappa shape index (κ3) is 5.71. The van der Waals surface area contributed by atoms with Gasteiger partial charge in [-0.2, -0.15) is 0 Å². The number of halogens is 1. The van der Waals surface area contributed by atoms with Crippen molar-refractivity contribution < 1.29 is 0 Å². The number of aliphatic imine (C=N–C) groups is 1. The zero-order chi connectivity index (χ0) is 16.8. The average molecular weight is 454 g/mol. The summed E-state index contributed by atoms with van der Waals surface area (Å²) in [6.07, 6.45) is 9.28. The lowest BCUT2D eigenvalue weighted by Crippen LogP contribution is -2.45. The first-order valence-corrected chi connectivity index (χ1v) is 9.19. The molecule has 4 nitrogen and oxygen atoms in total. The van der Waals surface area contributed by atoms with Crippen molar-refractivity contribution >= 4 is 29.9 Å². The van der Waals surface area contributed by atoms with E-state index in [2.05, 4.69) is 63.9 Å². The summed E-state index contributed by atoms with van der Waals surface area (Å²) in [7, 11) is 1.86.